The third-order valence-electron chi connectivity index (χ3n) is 4.50. The summed E-state index contributed by atoms with van der Waals surface area (Å²) in [6, 6.07) is 8.63. The van der Waals surface area contributed by atoms with Crippen molar-refractivity contribution in [2.45, 2.75) is 25.7 Å². The third kappa shape index (κ3) is 4.19. The standard InChI is InChI=1S/C19H18F3N5O/c1-13(14-7-9-23-10-8-14)26(2)18(28)17-12-27(25-24-17)11-15-5-3-4-6-16(15)19(20,21)22/h3-10,12-13H,11H2,1-2H3/t13-/m0/s1. The zero-order valence-corrected chi connectivity index (χ0v) is 15.3. The molecule has 3 aromatic rings. The van der Waals surface area contributed by atoms with E-state index < -0.39 is 11.7 Å². The monoisotopic (exact) mass is 389 g/mol. The molecule has 0 saturated heterocycles. The molecule has 9 heteroatoms. The second-order valence-electron chi connectivity index (χ2n) is 6.33. The first-order chi connectivity index (χ1) is 13.3. The fourth-order valence-electron chi connectivity index (χ4n) is 2.81. The van der Waals surface area contributed by atoms with Gasteiger partial charge in [0.2, 0.25) is 0 Å². The molecule has 0 saturated carbocycles. The van der Waals surface area contributed by atoms with E-state index in [0.717, 1.165) is 11.6 Å². The summed E-state index contributed by atoms with van der Waals surface area (Å²) < 4.78 is 40.6. The summed E-state index contributed by atoms with van der Waals surface area (Å²) in [6.07, 6.45) is 0.165. The molecule has 0 unspecified atom stereocenters. The van der Waals surface area contributed by atoms with E-state index in [4.69, 9.17) is 0 Å². The Bertz CT molecular complexity index is 955. The molecule has 1 amide bonds. The summed E-state index contributed by atoms with van der Waals surface area (Å²) in [5, 5.41) is 7.64. The van der Waals surface area contributed by atoms with Crippen molar-refractivity contribution in [3.8, 4) is 0 Å². The number of carbonyl (C=O) groups is 1. The Balaban J connectivity index is 1.77. The summed E-state index contributed by atoms with van der Waals surface area (Å²) in [7, 11) is 1.63. The molecule has 0 bridgehead atoms. The van der Waals surface area contributed by atoms with Gasteiger partial charge >= 0.3 is 6.18 Å². The number of rotatable bonds is 5. The van der Waals surface area contributed by atoms with E-state index in [9.17, 15) is 18.0 Å². The minimum absolute atomic E-state index is 0.0532. The van der Waals surface area contributed by atoms with Crippen LogP contribution in [0.2, 0.25) is 0 Å². The van der Waals surface area contributed by atoms with Crippen molar-refractivity contribution < 1.29 is 18.0 Å². The van der Waals surface area contributed by atoms with E-state index >= 15 is 0 Å². The largest absolute Gasteiger partial charge is 0.416 e. The molecule has 2 heterocycles. The van der Waals surface area contributed by atoms with Gasteiger partial charge in [0.1, 0.15) is 0 Å². The van der Waals surface area contributed by atoms with Crippen molar-refractivity contribution in [3.63, 3.8) is 0 Å². The number of hydrogen-bond acceptors (Lipinski definition) is 4. The number of alkyl halides is 3. The number of amides is 1. The van der Waals surface area contributed by atoms with E-state index in [-0.39, 0.29) is 29.8 Å². The van der Waals surface area contributed by atoms with E-state index in [1.807, 2.05) is 6.92 Å². The van der Waals surface area contributed by atoms with Crippen molar-refractivity contribution in [1.82, 2.24) is 24.9 Å². The molecule has 2 aromatic heterocycles. The number of aromatic nitrogens is 4. The van der Waals surface area contributed by atoms with Gasteiger partial charge in [-0.05, 0) is 36.2 Å². The molecule has 6 nitrogen and oxygen atoms in total. The predicted molar refractivity (Wildman–Crippen MR) is 95.3 cm³/mol. The van der Waals surface area contributed by atoms with Crippen LogP contribution in [-0.4, -0.2) is 37.8 Å². The van der Waals surface area contributed by atoms with Crippen LogP contribution in [0.3, 0.4) is 0 Å². The molecule has 1 atom stereocenters. The lowest BCUT2D eigenvalue weighted by atomic mass is 10.1. The lowest BCUT2D eigenvalue weighted by molar-refractivity contribution is -0.138. The Kier molecular flexibility index (Phi) is 5.43. The van der Waals surface area contributed by atoms with E-state index in [2.05, 4.69) is 15.3 Å². The zero-order chi connectivity index (χ0) is 20.3. The van der Waals surface area contributed by atoms with Crippen LogP contribution < -0.4 is 0 Å². The van der Waals surface area contributed by atoms with Crippen LogP contribution >= 0.6 is 0 Å². The highest BCUT2D eigenvalue weighted by Gasteiger charge is 2.33. The summed E-state index contributed by atoms with van der Waals surface area (Å²) >= 11 is 0. The van der Waals surface area contributed by atoms with Crippen LogP contribution in [0.5, 0.6) is 0 Å². The molecule has 1 aromatic carbocycles. The van der Waals surface area contributed by atoms with Gasteiger partial charge in [-0.1, -0.05) is 23.4 Å². The minimum atomic E-state index is -4.46. The molecule has 0 spiro atoms. The average molecular weight is 389 g/mol. The molecule has 3 rings (SSSR count). The van der Waals surface area contributed by atoms with Crippen molar-refractivity contribution in [3.05, 3.63) is 77.4 Å². The van der Waals surface area contributed by atoms with Gasteiger partial charge in [0, 0.05) is 19.4 Å². The van der Waals surface area contributed by atoms with Gasteiger partial charge in [-0.2, -0.15) is 13.2 Å². The maximum atomic E-state index is 13.1. The highest BCUT2D eigenvalue weighted by atomic mass is 19.4. The van der Waals surface area contributed by atoms with Crippen LogP contribution in [-0.2, 0) is 12.7 Å². The van der Waals surface area contributed by atoms with Gasteiger partial charge in [0.05, 0.1) is 24.3 Å². The fourth-order valence-corrected chi connectivity index (χ4v) is 2.81. The molecule has 0 aliphatic carbocycles. The molecular formula is C19H18F3N5O. The first-order valence-electron chi connectivity index (χ1n) is 8.49. The van der Waals surface area contributed by atoms with Gasteiger partial charge < -0.3 is 4.90 Å². The predicted octanol–water partition coefficient (Wildman–Crippen LogP) is 3.57. The minimum Gasteiger partial charge on any atom is -0.334 e. The van der Waals surface area contributed by atoms with Crippen LogP contribution in [0.1, 0.15) is 40.1 Å². The Morgan fingerprint density at radius 1 is 1.18 bits per heavy atom. The fraction of sp³-hybridized carbons (Fsp3) is 0.263. The normalized spacial score (nSPS) is 12.6. The number of halogens is 3. The SMILES string of the molecule is C[C@@H](c1ccncc1)N(C)C(=O)c1cn(Cc2ccccc2C(F)(F)F)nn1. The zero-order valence-electron chi connectivity index (χ0n) is 15.3. The highest BCUT2D eigenvalue weighted by molar-refractivity contribution is 5.92. The molecule has 0 radical (unpaired) electrons. The first kappa shape index (κ1) is 19.5. The Morgan fingerprint density at radius 3 is 2.54 bits per heavy atom. The summed E-state index contributed by atoms with van der Waals surface area (Å²) in [4.78, 5) is 18.1. The van der Waals surface area contributed by atoms with Crippen LogP contribution in [0, 0.1) is 0 Å². The molecule has 0 fully saturated rings. The third-order valence-corrected chi connectivity index (χ3v) is 4.50. The number of nitrogens with zero attached hydrogens (tertiary/aromatic N) is 5. The quantitative estimate of drug-likeness (QED) is 0.669. The summed E-state index contributed by atoms with van der Waals surface area (Å²) in [6.45, 7) is 1.72. The maximum absolute atomic E-state index is 13.1. The van der Waals surface area contributed by atoms with Gasteiger partial charge in [0.25, 0.3) is 5.91 Å². The Labute approximate surface area is 159 Å². The van der Waals surface area contributed by atoms with E-state index in [1.54, 1.807) is 31.6 Å². The second kappa shape index (κ2) is 7.79. The second-order valence-corrected chi connectivity index (χ2v) is 6.33. The van der Waals surface area contributed by atoms with E-state index in [1.165, 1.54) is 34.0 Å². The molecular weight excluding hydrogens is 371 g/mol. The van der Waals surface area contributed by atoms with Gasteiger partial charge in [-0.3, -0.25) is 9.78 Å². The van der Waals surface area contributed by atoms with E-state index in [0.29, 0.717) is 0 Å². The number of carbonyl (C=O) groups excluding carboxylic acids is 1. The smallest absolute Gasteiger partial charge is 0.334 e. The van der Waals surface area contributed by atoms with Crippen molar-refractivity contribution in [1.29, 1.82) is 0 Å². The number of hydrogen-bond donors (Lipinski definition) is 0. The summed E-state index contributed by atoms with van der Waals surface area (Å²) in [5.74, 6) is -0.375. The van der Waals surface area contributed by atoms with Crippen molar-refractivity contribution >= 4 is 5.91 Å². The van der Waals surface area contributed by atoms with Crippen LogP contribution in [0.15, 0.2) is 55.0 Å². The first-order valence-corrected chi connectivity index (χ1v) is 8.49. The average Bonchev–Trinajstić information content (AvgIpc) is 3.15. The van der Waals surface area contributed by atoms with Crippen LogP contribution in [0.25, 0.3) is 0 Å². The number of pyridine rings is 1. The van der Waals surface area contributed by atoms with Crippen molar-refractivity contribution in [2.24, 2.45) is 0 Å². The Morgan fingerprint density at radius 2 is 1.86 bits per heavy atom. The van der Waals surface area contributed by atoms with Gasteiger partial charge in [0.15, 0.2) is 5.69 Å². The molecule has 0 aliphatic heterocycles. The Hall–Kier alpha value is -3.23. The molecule has 146 valence electrons. The van der Waals surface area contributed by atoms with Gasteiger partial charge in [-0.25, -0.2) is 4.68 Å². The highest BCUT2D eigenvalue weighted by Crippen LogP contribution is 2.32. The summed E-state index contributed by atoms with van der Waals surface area (Å²) in [5.41, 5.74) is 0.282. The molecule has 0 N–H and O–H groups in total. The lowest BCUT2D eigenvalue weighted by Crippen LogP contribution is -2.30. The lowest BCUT2D eigenvalue weighted by Gasteiger charge is -2.24. The van der Waals surface area contributed by atoms with Crippen molar-refractivity contribution in [2.75, 3.05) is 7.05 Å². The van der Waals surface area contributed by atoms with Gasteiger partial charge in [-0.15, -0.1) is 5.10 Å². The molecule has 28 heavy (non-hydrogen) atoms. The number of benzene rings is 1. The molecule has 0 aliphatic rings. The van der Waals surface area contributed by atoms with Crippen LogP contribution in [0.4, 0.5) is 13.2 Å². The topological polar surface area (TPSA) is 63.9 Å². The maximum Gasteiger partial charge on any atom is 0.416 e.